The number of allylic oxidation sites excluding steroid dienone is 1. The molecule has 2 aromatic carbocycles. The second-order valence-electron chi connectivity index (χ2n) is 7.82. The van der Waals surface area contributed by atoms with E-state index in [4.69, 9.17) is 16.3 Å². The molecule has 1 N–H and O–H groups in total. The second kappa shape index (κ2) is 6.43. The summed E-state index contributed by atoms with van der Waals surface area (Å²) in [5.41, 5.74) is 3.13. The van der Waals surface area contributed by atoms with Crippen LogP contribution in [0.15, 0.2) is 42.2 Å². The van der Waals surface area contributed by atoms with E-state index < -0.39 is 5.82 Å². The van der Waals surface area contributed by atoms with Crippen LogP contribution in [-0.2, 0) is 16.0 Å². The Hall–Kier alpha value is -2.17. The number of aliphatic hydroxyl groups is 1. The zero-order chi connectivity index (χ0) is 19.6. The normalized spacial score (nSPS) is 28.3. The minimum absolute atomic E-state index is 0.0434. The lowest BCUT2D eigenvalue weighted by atomic mass is 9.80. The molecule has 0 saturated carbocycles. The predicted molar refractivity (Wildman–Crippen MR) is 106 cm³/mol. The molecular formula is C23H20ClFO3. The van der Waals surface area contributed by atoms with Gasteiger partial charge in [-0.05, 0) is 60.2 Å². The number of halogens is 2. The molecular weight excluding hydrogens is 379 g/mol. The van der Waals surface area contributed by atoms with Crippen molar-refractivity contribution in [1.29, 1.82) is 0 Å². The number of Topliss-reactive ketones (excluding diaryl/α,β-unsaturated/α-hetero) is 1. The number of carbonyl (C=O) groups excluding carboxylic acids is 1. The highest BCUT2D eigenvalue weighted by Crippen LogP contribution is 2.54. The van der Waals surface area contributed by atoms with Gasteiger partial charge in [0.05, 0.1) is 29.6 Å². The van der Waals surface area contributed by atoms with Crippen LogP contribution in [0.2, 0.25) is 5.02 Å². The molecule has 3 aliphatic rings. The third-order valence-electron chi connectivity index (χ3n) is 6.40. The first-order valence-electron chi connectivity index (χ1n) is 9.71. The lowest BCUT2D eigenvalue weighted by Gasteiger charge is -2.19. The molecule has 2 aliphatic heterocycles. The van der Waals surface area contributed by atoms with Crippen LogP contribution in [0, 0.1) is 17.7 Å². The van der Waals surface area contributed by atoms with Crippen LogP contribution < -0.4 is 0 Å². The Bertz CT molecular complexity index is 1030. The van der Waals surface area contributed by atoms with Gasteiger partial charge in [0.25, 0.3) is 0 Å². The summed E-state index contributed by atoms with van der Waals surface area (Å²) in [7, 11) is 0. The average molecular weight is 399 g/mol. The Kier molecular flexibility index (Phi) is 4.11. The molecule has 2 fully saturated rings. The first-order chi connectivity index (χ1) is 13.5. The largest absolute Gasteiger partial charge is 0.511 e. The highest BCUT2D eigenvalue weighted by molar-refractivity contribution is 6.30. The number of ether oxygens (including phenoxy) is 1. The number of fused-ring (bicyclic) bond motifs is 5. The van der Waals surface area contributed by atoms with Gasteiger partial charge in [-0.1, -0.05) is 30.7 Å². The van der Waals surface area contributed by atoms with Crippen molar-refractivity contribution in [3.63, 3.8) is 0 Å². The fourth-order valence-corrected chi connectivity index (χ4v) is 5.26. The topological polar surface area (TPSA) is 46.5 Å². The first kappa shape index (κ1) is 17.9. The lowest BCUT2D eigenvalue weighted by molar-refractivity contribution is -0.118. The maximum absolute atomic E-state index is 14.5. The zero-order valence-electron chi connectivity index (χ0n) is 15.4. The zero-order valence-corrected chi connectivity index (χ0v) is 16.2. The lowest BCUT2D eigenvalue weighted by Crippen LogP contribution is -2.29. The summed E-state index contributed by atoms with van der Waals surface area (Å²) < 4.78 is 20.3. The van der Waals surface area contributed by atoms with Crippen molar-refractivity contribution in [3.8, 4) is 11.1 Å². The van der Waals surface area contributed by atoms with Gasteiger partial charge in [-0.15, -0.1) is 0 Å². The van der Waals surface area contributed by atoms with Gasteiger partial charge in [-0.3, -0.25) is 4.79 Å². The van der Waals surface area contributed by atoms with Crippen LogP contribution in [0.25, 0.3) is 16.7 Å². The van der Waals surface area contributed by atoms with Crippen molar-refractivity contribution in [2.45, 2.75) is 38.4 Å². The van der Waals surface area contributed by atoms with E-state index in [1.807, 2.05) is 25.1 Å². The Balaban J connectivity index is 1.64. The summed E-state index contributed by atoms with van der Waals surface area (Å²) in [6.07, 6.45) is 2.30. The van der Waals surface area contributed by atoms with Crippen molar-refractivity contribution >= 4 is 23.0 Å². The van der Waals surface area contributed by atoms with Crippen LogP contribution in [0.3, 0.4) is 0 Å². The molecule has 2 bridgehead atoms. The van der Waals surface area contributed by atoms with E-state index in [-0.39, 0.29) is 35.6 Å². The number of aryl methyl sites for hydroxylation is 1. The molecule has 0 radical (unpaired) electrons. The monoisotopic (exact) mass is 398 g/mol. The summed E-state index contributed by atoms with van der Waals surface area (Å²) in [4.78, 5) is 13.2. The summed E-state index contributed by atoms with van der Waals surface area (Å²) >= 11 is 5.88. The smallest absolute Gasteiger partial charge is 0.173 e. The average Bonchev–Trinajstić information content (AvgIpc) is 3.35. The Morgan fingerprint density at radius 1 is 1.11 bits per heavy atom. The van der Waals surface area contributed by atoms with E-state index in [2.05, 4.69) is 0 Å². The fourth-order valence-electron chi connectivity index (χ4n) is 5.10. The molecule has 144 valence electrons. The summed E-state index contributed by atoms with van der Waals surface area (Å²) in [6, 6.07) is 10.1. The first-order valence-corrected chi connectivity index (χ1v) is 10.1. The van der Waals surface area contributed by atoms with Gasteiger partial charge in [-0.25, -0.2) is 4.39 Å². The van der Waals surface area contributed by atoms with Crippen molar-refractivity contribution in [2.75, 3.05) is 0 Å². The molecule has 28 heavy (non-hydrogen) atoms. The van der Waals surface area contributed by atoms with Gasteiger partial charge in [0.15, 0.2) is 5.78 Å². The number of benzene rings is 2. The van der Waals surface area contributed by atoms with Crippen LogP contribution in [-0.4, -0.2) is 23.1 Å². The summed E-state index contributed by atoms with van der Waals surface area (Å²) in [6.45, 7) is 2.01. The van der Waals surface area contributed by atoms with Crippen LogP contribution >= 0.6 is 11.6 Å². The highest BCUT2D eigenvalue weighted by Gasteiger charge is 2.59. The van der Waals surface area contributed by atoms with Gasteiger partial charge < -0.3 is 9.84 Å². The van der Waals surface area contributed by atoms with Crippen LogP contribution in [0.1, 0.15) is 30.9 Å². The van der Waals surface area contributed by atoms with Crippen molar-refractivity contribution in [2.24, 2.45) is 11.8 Å². The second-order valence-corrected chi connectivity index (χ2v) is 8.25. The van der Waals surface area contributed by atoms with E-state index in [1.54, 1.807) is 12.1 Å². The molecule has 0 spiro atoms. The molecule has 5 rings (SSSR count). The standard InChI is InChI=1S/C23H20ClFO3/c1-2-11-3-4-12(14-6-5-13(24)10-16(14)25)9-15(11)19-22(26)20-17-7-8-18(28-17)21(20)23(19)27/h3-6,9-10,17-18,20-21,26H,2,7-8H2,1H3/t17?,18?,20-,21+/m1/s1. The van der Waals surface area contributed by atoms with Gasteiger partial charge in [0, 0.05) is 10.6 Å². The number of ketones is 1. The van der Waals surface area contributed by atoms with E-state index in [0.29, 0.717) is 33.7 Å². The molecule has 2 saturated heterocycles. The number of hydrogen-bond donors (Lipinski definition) is 1. The maximum atomic E-state index is 14.5. The van der Waals surface area contributed by atoms with Gasteiger partial charge in [0.2, 0.25) is 0 Å². The van der Waals surface area contributed by atoms with Crippen LogP contribution in [0.5, 0.6) is 0 Å². The molecule has 2 unspecified atom stereocenters. The highest BCUT2D eigenvalue weighted by atomic mass is 35.5. The molecule has 1 aliphatic carbocycles. The Labute approximate surface area is 167 Å². The predicted octanol–water partition coefficient (Wildman–Crippen LogP) is 5.35. The van der Waals surface area contributed by atoms with E-state index in [9.17, 15) is 14.3 Å². The molecule has 0 aromatic heterocycles. The molecule has 5 heteroatoms. The Morgan fingerprint density at radius 3 is 2.54 bits per heavy atom. The van der Waals surface area contributed by atoms with Crippen molar-refractivity contribution < 1.29 is 19.0 Å². The van der Waals surface area contributed by atoms with Crippen molar-refractivity contribution in [1.82, 2.24) is 0 Å². The number of carbonyl (C=O) groups is 1. The maximum Gasteiger partial charge on any atom is 0.173 e. The number of rotatable bonds is 3. The SMILES string of the molecule is CCc1ccc(-c2ccc(Cl)cc2F)cc1C1=C(O)[C@@H]2C3CCC(O3)[C@@H]2C1=O. The quantitative estimate of drug-likeness (QED) is 0.757. The van der Waals surface area contributed by atoms with E-state index >= 15 is 0 Å². The fraction of sp³-hybridized carbons (Fsp3) is 0.348. The third kappa shape index (κ3) is 2.48. The van der Waals surface area contributed by atoms with Crippen LogP contribution in [0.4, 0.5) is 4.39 Å². The molecule has 3 nitrogen and oxygen atoms in total. The van der Waals surface area contributed by atoms with Crippen molar-refractivity contribution in [3.05, 3.63) is 64.1 Å². The van der Waals surface area contributed by atoms with E-state index in [1.165, 1.54) is 6.07 Å². The van der Waals surface area contributed by atoms with E-state index in [0.717, 1.165) is 18.4 Å². The number of hydrogen-bond acceptors (Lipinski definition) is 3. The number of aliphatic hydroxyl groups excluding tert-OH is 1. The summed E-state index contributed by atoms with van der Waals surface area (Å²) in [5, 5.41) is 11.3. The summed E-state index contributed by atoms with van der Waals surface area (Å²) in [5.74, 6) is -0.832. The molecule has 2 aromatic rings. The van der Waals surface area contributed by atoms with Gasteiger partial charge >= 0.3 is 0 Å². The molecule has 4 atom stereocenters. The molecule has 2 heterocycles. The Morgan fingerprint density at radius 2 is 1.86 bits per heavy atom. The molecule has 0 amide bonds. The third-order valence-corrected chi connectivity index (χ3v) is 6.63. The van der Waals surface area contributed by atoms with Gasteiger partial charge in [0.1, 0.15) is 11.6 Å². The minimum atomic E-state index is -0.415. The van der Waals surface area contributed by atoms with Gasteiger partial charge in [-0.2, -0.15) is 0 Å². The minimum Gasteiger partial charge on any atom is -0.511 e.